The van der Waals surface area contributed by atoms with Gasteiger partial charge in [0.1, 0.15) is 5.66 Å². The number of ketones is 2. The van der Waals surface area contributed by atoms with Crippen LogP contribution in [0.25, 0.3) is 0 Å². The Labute approximate surface area is 186 Å². The molecule has 0 amide bonds. The topological polar surface area (TPSA) is 87.5 Å². The number of nitrogen functional groups attached to an aromatic ring is 1. The Morgan fingerprint density at radius 1 is 0.812 bits per heavy atom. The van der Waals surface area contributed by atoms with Gasteiger partial charge in [-0.3, -0.25) is 14.5 Å². The first-order valence-electron chi connectivity index (χ1n) is 11.0. The van der Waals surface area contributed by atoms with Crippen LogP contribution in [-0.4, -0.2) is 35.2 Å². The van der Waals surface area contributed by atoms with Crippen LogP contribution in [0.5, 0.6) is 0 Å². The second-order valence-electron chi connectivity index (χ2n) is 8.93. The number of piperidine rings is 1. The van der Waals surface area contributed by atoms with Crippen molar-refractivity contribution in [2.45, 2.75) is 25.0 Å². The predicted molar refractivity (Wildman–Crippen MR) is 125 cm³/mol. The Morgan fingerprint density at radius 2 is 1.56 bits per heavy atom. The first-order valence-corrected chi connectivity index (χ1v) is 11.0. The van der Waals surface area contributed by atoms with Crippen LogP contribution in [0, 0.1) is 0 Å². The average molecular weight is 425 g/mol. The molecule has 2 aliphatic heterocycles. The molecule has 0 unspecified atom stereocenters. The van der Waals surface area contributed by atoms with Crippen molar-refractivity contribution in [3.8, 4) is 0 Å². The van der Waals surface area contributed by atoms with Gasteiger partial charge in [-0.15, -0.1) is 0 Å². The number of nitrogens with two attached hydrogens (primary N) is 1. The first kappa shape index (κ1) is 19.1. The molecule has 1 spiro atoms. The van der Waals surface area contributed by atoms with Gasteiger partial charge in [-0.25, -0.2) is 0 Å². The summed E-state index contributed by atoms with van der Waals surface area (Å²) < 4.78 is 0. The number of carbonyl (C=O) groups is 2. The summed E-state index contributed by atoms with van der Waals surface area (Å²) in [5.74, 6) is -0.331. The molecular formula is C26H24N4O2. The molecule has 2 heterocycles. The van der Waals surface area contributed by atoms with Crippen molar-refractivity contribution in [3.63, 3.8) is 0 Å². The number of carbonyl (C=O) groups excluding carboxylic acids is 2. The minimum Gasteiger partial charge on any atom is -0.398 e. The summed E-state index contributed by atoms with van der Waals surface area (Å²) in [6.07, 6.45) is 1.79. The first-order chi connectivity index (χ1) is 15.5. The fraction of sp³-hybridized carbons (Fsp3) is 0.231. The van der Waals surface area contributed by atoms with Crippen molar-refractivity contribution in [1.29, 1.82) is 0 Å². The van der Waals surface area contributed by atoms with Crippen molar-refractivity contribution < 1.29 is 9.59 Å². The van der Waals surface area contributed by atoms with Crippen molar-refractivity contribution in [2.75, 3.05) is 29.5 Å². The summed E-state index contributed by atoms with van der Waals surface area (Å²) in [7, 11) is 0. The zero-order valence-corrected chi connectivity index (χ0v) is 17.7. The van der Waals surface area contributed by atoms with E-state index in [1.54, 1.807) is 24.3 Å². The number of nitrogens with zero attached hydrogens (tertiary/aromatic N) is 1. The SMILES string of the molecule is Nc1cccc2c1C(=O)c1c(ccc3c1NC1(CCN(Cc4ccccc4)CC1)N3)C2=O. The third-order valence-electron chi connectivity index (χ3n) is 6.94. The number of fused-ring (bicyclic) bond motifs is 4. The van der Waals surface area contributed by atoms with Gasteiger partial charge in [-0.2, -0.15) is 0 Å². The molecule has 3 aromatic carbocycles. The standard InChI is InChI=1S/C26H24N4O2/c27-19-8-4-7-17-21(19)25(32)22-18(24(17)31)9-10-20-23(22)29-26(28-20)11-13-30(14-12-26)15-16-5-2-1-3-6-16/h1-10,28-29H,11-15,27H2. The van der Waals surface area contributed by atoms with E-state index in [9.17, 15) is 9.59 Å². The van der Waals surface area contributed by atoms with Gasteiger partial charge in [0.15, 0.2) is 11.6 Å². The molecule has 160 valence electrons. The largest absolute Gasteiger partial charge is 0.398 e. The number of nitrogens with one attached hydrogen (secondary N) is 2. The van der Waals surface area contributed by atoms with Crippen LogP contribution in [0.2, 0.25) is 0 Å². The molecule has 6 heteroatoms. The lowest BCUT2D eigenvalue weighted by molar-refractivity contribution is 0.0980. The fourth-order valence-corrected chi connectivity index (χ4v) is 5.26. The lowest BCUT2D eigenvalue weighted by Crippen LogP contribution is -2.51. The smallest absolute Gasteiger partial charge is 0.198 e. The molecule has 4 N–H and O–H groups in total. The van der Waals surface area contributed by atoms with E-state index in [1.807, 2.05) is 12.1 Å². The number of benzene rings is 3. The summed E-state index contributed by atoms with van der Waals surface area (Å²) in [5.41, 5.74) is 10.6. The molecular weight excluding hydrogens is 400 g/mol. The monoisotopic (exact) mass is 424 g/mol. The highest BCUT2D eigenvalue weighted by molar-refractivity contribution is 6.32. The predicted octanol–water partition coefficient (Wildman–Crippen LogP) is 3.87. The fourth-order valence-electron chi connectivity index (χ4n) is 5.26. The van der Waals surface area contributed by atoms with Gasteiger partial charge in [0.25, 0.3) is 0 Å². The average Bonchev–Trinajstić information content (AvgIpc) is 3.17. The quantitative estimate of drug-likeness (QED) is 0.424. The number of anilines is 3. The summed E-state index contributed by atoms with van der Waals surface area (Å²) >= 11 is 0. The van der Waals surface area contributed by atoms with Crippen LogP contribution in [0.15, 0.2) is 60.7 Å². The van der Waals surface area contributed by atoms with Gasteiger partial charge < -0.3 is 16.4 Å². The number of hydrogen-bond donors (Lipinski definition) is 3. The third kappa shape index (κ3) is 2.83. The molecule has 6 rings (SSSR count). The molecule has 0 saturated carbocycles. The van der Waals surface area contributed by atoms with Gasteiger partial charge in [0, 0.05) is 49.3 Å². The lowest BCUT2D eigenvalue weighted by atomic mass is 9.82. The summed E-state index contributed by atoms with van der Waals surface area (Å²) in [4.78, 5) is 29.0. The Bertz CT molecular complexity index is 1260. The molecule has 3 aliphatic rings. The van der Waals surface area contributed by atoms with Crippen LogP contribution in [0.1, 0.15) is 50.2 Å². The second kappa shape index (κ2) is 6.93. The normalized spacial score (nSPS) is 18.5. The molecule has 1 saturated heterocycles. The number of likely N-dealkylation sites (tertiary alicyclic amines) is 1. The van der Waals surface area contributed by atoms with E-state index in [0.29, 0.717) is 27.9 Å². The van der Waals surface area contributed by atoms with Crippen molar-refractivity contribution in [2.24, 2.45) is 0 Å². The molecule has 32 heavy (non-hydrogen) atoms. The van der Waals surface area contributed by atoms with E-state index in [0.717, 1.165) is 43.9 Å². The minimum absolute atomic E-state index is 0.148. The number of hydrogen-bond acceptors (Lipinski definition) is 6. The van der Waals surface area contributed by atoms with Gasteiger partial charge in [0.2, 0.25) is 0 Å². The molecule has 0 radical (unpaired) electrons. The number of rotatable bonds is 2. The van der Waals surface area contributed by atoms with E-state index in [4.69, 9.17) is 5.73 Å². The van der Waals surface area contributed by atoms with Crippen LogP contribution in [0.3, 0.4) is 0 Å². The Hall–Kier alpha value is -3.64. The van der Waals surface area contributed by atoms with E-state index < -0.39 is 0 Å². The Kier molecular flexibility index (Phi) is 4.13. The van der Waals surface area contributed by atoms with Gasteiger partial charge in [-0.1, -0.05) is 42.5 Å². The summed E-state index contributed by atoms with van der Waals surface area (Å²) in [6, 6.07) is 19.2. The van der Waals surface area contributed by atoms with Crippen LogP contribution >= 0.6 is 0 Å². The lowest BCUT2D eigenvalue weighted by Gasteiger charge is -2.40. The van der Waals surface area contributed by atoms with Gasteiger partial charge in [0.05, 0.1) is 22.5 Å². The minimum atomic E-state index is -0.309. The van der Waals surface area contributed by atoms with Crippen LogP contribution in [-0.2, 0) is 6.54 Å². The van der Waals surface area contributed by atoms with Crippen molar-refractivity contribution in [1.82, 2.24) is 4.90 Å². The second-order valence-corrected chi connectivity index (χ2v) is 8.93. The Morgan fingerprint density at radius 3 is 2.34 bits per heavy atom. The van der Waals surface area contributed by atoms with Crippen molar-refractivity contribution >= 4 is 28.6 Å². The maximum atomic E-state index is 13.5. The molecule has 0 aromatic heterocycles. The maximum Gasteiger partial charge on any atom is 0.198 e. The maximum absolute atomic E-state index is 13.5. The Balaban J connectivity index is 1.28. The highest BCUT2D eigenvalue weighted by Crippen LogP contribution is 2.45. The van der Waals surface area contributed by atoms with E-state index >= 15 is 0 Å². The zero-order valence-electron chi connectivity index (χ0n) is 17.7. The van der Waals surface area contributed by atoms with E-state index in [1.165, 1.54) is 5.56 Å². The molecule has 3 aromatic rings. The van der Waals surface area contributed by atoms with Gasteiger partial charge >= 0.3 is 0 Å². The zero-order chi connectivity index (χ0) is 21.9. The summed E-state index contributed by atoms with van der Waals surface area (Å²) in [5, 5.41) is 7.24. The van der Waals surface area contributed by atoms with E-state index in [-0.39, 0.29) is 17.2 Å². The molecule has 1 aliphatic carbocycles. The highest BCUT2D eigenvalue weighted by atomic mass is 16.1. The molecule has 1 fully saturated rings. The highest BCUT2D eigenvalue weighted by Gasteiger charge is 2.43. The van der Waals surface area contributed by atoms with E-state index in [2.05, 4.69) is 39.8 Å². The molecule has 0 atom stereocenters. The molecule has 6 nitrogen and oxygen atoms in total. The third-order valence-corrected chi connectivity index (χ3v) is 6.94. The molecule has 0 bridgehead atoms. The van der Waals surface area contributed by atoms with Gasteiger partial charge in [-0.05, 0) is 23.8 Å². The van der Waals surface area contributed by atoms with Crippen LogP contribution < -0.4 is 16.4 Å². The summed E-state index contributed by atoms with van der Waals surface area (Å²) in [6.45, 7) is 2.81. The van der Waals surface area contributed by atoms with Crippen molar-refractivity contribution in [3.05, 3.63) is 88.5 Å². The van der Waals surface area contributed by atoms with Crippen LogP contribution in [0.4, 0.5) is 17.1 Å².